The number of rotatable bonds is 6. The Bertz CT molecular complexity index is 1040. The predicted molar refractivity (Wildman–Crippen MR) is 114 cm³/mol. The van der Waals surface area contributed by atoms with Crippen molar-refractivity contribution in [3.63, 3.8) is 0 Å². The van der Waals surface area contributed by atoms with Crippen molar-refractivity contribution >= 4 is 34.0 Å². The van der Waals surface area contributed by atoms with Crippen LogP contribution in [0.25, 0.3) is 0 Å². The zero-order chi connectivity index (χ0) is 21.1. The van der Waals surface area contributed by atoms with Gasteiger partial charge in [-0.25, -0.2) is 4.39 Å². The van der Waals surface area contributed by atoms with Crippen LogP contribution in [0.15, 0.2) is 54.6 Å². The minimum absolute atomic E-state index is 0.0379. The number of benzene rings is 2. The van der Waals surface area contributed by atoms with Crippen molar-refractivity contribution in [1.82, 2.24) is 10.2 Å². The van der Waals surface area contributed by atoms with Crippen molar-refractivity contribution in [2.75, 3.05) is 16.8 Å². The SMILES string of the molecule is CC(CC(=O)Nc1nnc(C2CC(=O)N(c3ccc(F)cc3)C2)s1)c1ccccc1. The van der Waals surface area contributed by atoms with Gasteiger partial charge in [-0.15, -0.1) is 10.2 Å². The molecule has 30 heavy (non-hydrogen) atoms. The van der Waals surface area contributed by atoms with Gasteiger partial charge in [0.05, 0.1) is 0 Å². The van der Waals surface area contributed by atoms with Gasteiger partial charge < -0.3 is 10.2 Å². The number of halogens is 1. The molecule has 1 fully saturated rings. The zero-order valence-electron chi connectivity index (χ0n) is 16.4. The van der Waals surface area contributed by atoms with Gasteiger partial charge in [-0.1, -0.05) is 48.6 Å². The van der Waals surface area contributed by atoms with Crippen LogP contribution < -0.4 is 10.2 Å². The summed E-state index contributed by atoms with van der Waals surface area (Å²) >= 11 is 1.29. The lowest BCUT2D eigenvalue weighted by Crippen LogP contribution is -2.24. The Morgan fingerprint density at radius 1 is 1.20 bits per heavy atom. The highest BCUT2D eigenvalue weighted by atomic mass is 32.1. The molecule has 2 amide bonds. The molecule has 1 N–H and O–H groups in total. The summed E-state index contributed by atoms with van der Waals surface area (Å²) < 4.78 is 13.1. The van der Waals surface area contributed by atoms with Gasteiger partial charge in [-0.2, -0.15) is 0 Å². The minimum Gasteiger partial charge on any atom is -0.312 e. The van der Waals surface area contributed by atoms with Crippen LogP contribution in [0.5, 0.6) is 0 Å². The van der Waals surface area contributed by atoms with E-state index >= 15 is 0 Å². The van der Waals surface area contributed by atoms with E-state index in [9.17, 15) is 14.0 Å². The molecule has 3 aromatic rings. The van der Waals surface area contributed by atoms with E-state index in [0.29, 0.717) is 35.2 Å². The van der Waals surface area contributed by atoms with E-state index in [1.807, 2.05) is 37.3 Å². The van der Waals surface area contributed by atoms with E-state index in [4.69, 9.17) is 0 Å². The molecule has 0 aliphatic carbocycles. The van der Waals surface area contributed by atoms with Gasteiger partial charge in [0.2, 0.25) is 16.9 Å². The first kappa shape index (κ1) is 20.2. The fraction of sp³-hybridized carbons (Fsp3) is 0.273. The second kappa shape index (κ2) is 8.71. The van der Waals surface area contributed by atoms with Gasteiger partial charge in [-0.3, -0.25) is 9.59 Å². The summed E-state index contributed by atoms with van der Waals surface area (Å²) in [6.07, 6.45) is 0.657. The lowest BCUT2D eigenvalue weighted by atomic mass is 9.98. The van der Waals surface area contributed by atoms with Gasteiger partial charge >= 0.3 is 0 Å². The third-order valence-corrected chi connectivity index (χ3v) is 6.16. The van der Waals surface area contributed by atoms with Gasteiger partial charge in [0, 0.05) is 31.0 Å². The average molecular weight is 425 g/mol. The van der Waals surface area contributed by atoms with Crippen molar-refractivity contribution in [1.29, 1.82) is 0 Å². The third kappa shape index (κ3) is 4.54. The molecule has 2 heterocycles. The maximum absolute atomic E-state index is 13.1. The molecule has 4 rings (SSSR count). The van der Waals surface area contributed by atoms with E-state index in [1.54, 1.807) is 17.0 Å². The van der Waals surface area contributed by atoms with Gasteiger partial charge in [-0.05, 0) is 35.7 Å². The molecule has 0 spiro atoms. The van der Waals surface area contributed by atoms with E-state index < -0.39 is 0 Å². The molecule has 0 saturated carbocycles. The highest BCUT2D eigenvalue weighted by Gasteiger charge is 2.34. The van der Waals surface area contributed by atoms with Gasteiger partial charge in [0.25, 0.3) is 0 Å². The summed E-state index contributed by atoms with van der Waals surface area (Å²) in [4.78, 5) is 26.4. The molecular weight excluding hydrogens is 403 g/mol. The second-order valence-corrected chi connectivity index (χ2v) is 8.40. The van der Waals surface area contributed by atoms with Crippen LogP contribution in [0.4, 0.5) is 15.2 Å². The molecule has 8 heteroatoms. The molecule has 0 radical (unpaired) electrons. The van der Waals surface area contributed by atoms with E-state index in [2.05, 4.69) is 15.5 Å². The minimum atomic E-state index is -0.340. The van der Waals surface area contributed by atoms with Crippen molar-refractivity contribution in [3.8, 4) is 0 Å². The van der Waals surface area contributed by atoms with E-state index in [1.165, 1.54) is 23.5 Å². The lowest BCUT2D eigenvalue weighted by molar-refractivity contribution is -0.117. The van der Waals surface area contributed by atoms with Crippen LogP contribution in [0.1, 0.15) is 42.2 Å². The summed E-state index contributed by atoms with van der Waals surface area (Å²) in [6.45, 7) is 2.46. The first-order chi connectivity index (χ1) is 14.5. The van der Waals surface area contributed by atoms with Crippen molar-refractivity contribution in [2.24, 2.45) is 0 Å². The Kier molecular flexibility index (Phi) is 5.85. The van der Waals surface area contributed by atoms with Crippen LogP contribution in [-0.2, 0) is 9.59 Å². The van der Waals surface area contributed by atoms with Crippen molar-refractivity contribution < 1.29 is 14.0 Å². The number of anilines is 2. The van der Waals surface area contributed by atoms with Gasteiger partial charge in [0.1, 0.15) is 10.8 Å². The van der Waals surface area contributed by atoms with Crippen LogP contribution in [0, 0.1) is 5.82 Å². The molecule has 1 saturated heterocycles. The Balaban J connectivity index is 1.36. The Morgan fingerprint density at radius 3 is 2.67 bits per heavy atom. The van der Waals surface area contributed by atoms with Crippen molar-refractivity contribution in [3.05, 3.63) is 71.0 Å². The smallest absolute Gasteiger partial charge is 0.227 e. The number of hydrogen-bond acceptors (Lipinski definition) is 5. The zero-order valence-corrected chi connectivity index (χ0v) is 17.2. The molecule has 1 aliphatic rings. The maximum Gasteiger partial charge on any atom is 0.227 e. The molecule has 0 bridgehead atoms. The molecule has 2 aromatic carbocycles. The largest absolute Gasteiger partial charge is 0.312 e. The monoisotopic (exact) mass is 424 g/mol. The number of carbonyl (C=O) groups is 2. The topological polar surface area (TPSA) is 75.2 Å². The number of carbonyl (C=O) groups excluding carboxylic acids is 2. The molecule has 154 valence electrons. The molecule has 1 aliphatic heterocycles. The fourth-order valence-corrected chi connectivity index (χ4v) is 4.39. The quantitative estimate of drug-likeness (QED) is 0.639. The molecular formula is C22H21FN4O2S. The lowest BCUT2D eigenvalue weighted by Gasteiger charge is -2.16. The Hall–Kier alpha value is -3.13. The Labute approximate surface area is 177 Å². The van der Waals surface area contributed by atoms with Crippen LogP contribution in [-0.4, -0.2) is 28.6 Å². The predicted octanol–water partition coefficient (Wildman–Crippen LogP) is 4.33. The van der Waals surface area contributed by atoms with E-state index in [-0.39, 0.29) is 29.5 Å². The summed E-state index contributed by atoms with van der Waals surface area (Å²) in [5.41, 5.74) is 1.77. The number of nitrogens with zero attached hydrogens (tertiary/aromatic N) is 3. The standard InChI is InChI=1S/C22H21FN4O2S/c1-14(15-5-3-2-4-6-15)11-19(28)24-22-26-25-21(30-22)16-12-20(29)27(13-16)18-9-7-17(23)8-10-18/h2-10,14,16H,11-13H2,1H3,(H,24,26,28). The second-order valence-electron chi connectivity index (χ2n) is 7.39. The average Bonchev–Trinajstić information content (AvgIpc) is 3.36. The summed E-state index contributed by atoms with van der Waals surface area (Å²) in [7, 11) is 0. The number of nitrogens with one attached hydrogen (secondary N) is 1. The normalized spacial score (nSPS) is 17.2. The van der Waals surface area contributed by atoms with Crippen LogP contribution in [0.3, 0.4) is 0 Å². The highest BCUT2D eigenvalue weighted by molar-refractivity contribution is 7.15. The van der Waals surface area contributed by atoms with Crippen LogP contribution >= 0.6 is 11.3 Å². The molecule has 2 atom stereocenters. The first-order valence-electron chi connectivity index (χ1n) is 9.73. The summed E-state index contributed by atoms with van der Waals surface area (Å²) in [5.74, 6) is -0.508. The molecule has 1 aromatic heterocycles. The molecule has 6 nitrogen and oxygen atoms in total. The number of aromatic nitrogens is 2. The van der Waals surface area contributed by atoms with Gasteiger partial charge in [0.15, 0.2) is 0 Å². The highest BCUT2D eigenvalue weighted by Crippen LogP contribution is 2.34. The Morgan fingerprint density at radius 2 is 1.93 bits per heavy atom. The maximum atomic E-state index is 13.1. The van der Waals surface area contributed by atoms with E-state index in [0.717, 1.165) is 5.56 Å². The number of hydrogen-bond donors (Lipinski definition) is 1. The molecule has 2 unspecified atom stereocenters. The summed E-state index contributed by atoms with van der Waals surface area (Å²) in [6, 6.07) is 15.7. The van der Waals surface area contributed by atoms with Crippen LogP contribution in [0.2, 0.25) is 0 Å². The number of amides is 2. The fourth-order valence-electron chi connectivity index (χ4n) is 3.54. The van der Waals surface area contributed by atoms with Crippen molar-refractivity contribution in [2.45, 2.75) is 31.6 Å². The third-order valence-electron chi connectivity index (χ3n) is 5.16. The first-order valence-corrected chi connectivity index (χ1v) is 10.6. The summed E-state index contributed by atoms with van der Waals surface area (Å²) in [5, 5.41) is 12.2.